The smallest absolute Gasteiger partial charge is 0.387 e. The SMILES string of the molecule is C[CH2][Al]([CH2]C)[N](c1ccccc1)[Al]([CH2]C)[CH2]C. The highest BCUT2D eigenvalue weighted by Crippen LogP contribution is 2.23. The zero-order chi connectivity index (χ0) is 12.7. The van der Waals surface area contributed by atoms with Gasteiger partial charge in [0.1, 0.15) is 0 Å². The van der Waals surface area contributed by atoms with Gasteiger partial charge in [0.2, 0.25) is 0 Å². The van der Waals surface area contributed by atoms with E-state index >= 15 is 0 Å². The first kappa shape index (κ1) is 15.1. The third-order valence-corrected chi connectivity index (χ3v) is 12.2. The van der Waals surface area contributed by atoms with E-state index in [1.807, 2.05) is 0 Å². The maximum absolute atomic E-state index is 2.92. The maximum atomic E-state index is 2.92. The van der Waals surface area contributed by atoms with Crippen LogP contribution in [0.2, 0.25) is 21.1 Å². The third-order valence-electron chi connectivity index (χ3n) is 3.73. The molecular formula is C14H25Al2N. The predicted octanol–water partition coefficient (Wildman–Crippen LogP) is 4.56. The van der Waals surface area contributed by atoms with E-state index in [0.717, 1.165) is 0 Å². The van der Waals surface area contributed by atoms with Crippen LogP contribution in [-0.4, -0.2) is 28.7 Å². The molecule has 1 rings (SSSR count). The summed E-state index contributed by atoms with van der Waals surface area (Å²) in [5.74, 6) is 0. The summed E-state index contributed by atoms with van der Waals surface area (Å²) in [5, 5.41) is 5.59. The molecule has 0 atom stereocenters. The predicted molar refractivity (Wildman–Crippen MR) is 82.4 cm³/mol. The van der Waals surface area contributed by atoms with Gasteiger partial charge in [0.15, 0.2) is 0 Å². The Bertz CT molecular complexity index is 282. The summed E-state index contributed by atoms with van der Waals surface area (Å²) in [6.45, 7) is 9.53. The van der Waals surface area contributed by atoms with Crippen LogP contribution in [0, 0.1) is 0 Å². The fourth-order valence-electron chi connectivity index (χ4n) is 2.68. The Hall–Kier alpha value is 0.0849. The molecule has 1 nitrogen and oxygen atoms in total. The van der Waals surface area contributed by atoms with Gasteiger partial charge in [-0.3, -0.25) is 0 Å². The van der Waals surface area contributed by atoms with Gasteiger partial charge in [0.25, 0.3) is 0 Å². The molecule has 92 valence electrons. The molecule has 0 unspecified atom stereocenters. The standard InChI is InChI=1S/C6H5N.4C2H5.2Al/c7-6-4-2-1-3-5-6;4*1-2;;/h1-5H;4*1H2,2H3;;. The van der Waals surface area contributed by atoms with E-state index in [1.165, 1.54) is 26.8 Å². The molecule has 0 aliphatic carbocycles. The monoisotopic (exact) mass is 261 g/mol. The Morgan fingerprint density at radius 1 is 0.765 bits per heavy atom. The number of hydrogen-bond acceptors (Lipinski definition) is 1. The average molecular weight is 261 g/mol. The summed E-state index contributed by atoms with van der Waals surface area (Å²) in [6, 6.07) is 11.1. The molecule has 0 saturated carbocycles. The fourth-order valence-corrected chi connectivity index (χ4v) is 11.5. The molecule has 0 aromatic heterocycles. The van der Waals surface area contributed by atoms with Gasteiger partial charge in [-0.1, -0.05) is 67.0 Å². The first-order valence-corrected chi connectivity index (χ1v) is 11.4. The van der Waals surface area contributed by atoms with Crippen molar-refractivity contribution in [3.05, 3.63) is 30.3 Å². The molecule has 0 bridgehead atoms. The van der Waals surface area contributed by atoms with Crippen LogP contribution in [0.5, 0.6) is 0 Å². The van der Waals surface area contributed by atoms with Crippen molar-refractivity contribution < 1.29 is 0 Å². The Labute approximate surface area is 116 Å². The molecular weight excluding hydrogens is 236 g/mol. The highest BCUT2D eigenvalue weighted by atomic mass is 27.3. The molecule has 0 aliphatic heterocycles. The van der Waals surface area contributed by atoms with E-state index in [-0.39, 0.29) is 0 Å². The quantitative estimate of drug-likeness (QED) is 0.650. The zero-order valence-electron chi connectivity index (χ0n) is 11.8. The van der Waals surface area contributed by atoms with Gasteiger partial charge in [-0.15, -0.1) is 0 Å². The number of para-hydroxylation sites is 1. The average Bonchev–Trinajstić information content (AvgIpc) is 2.40. The van der Waals surface area contributed by atoms with Gasteiger partial charge < -0.3 is 2.87 Å². The van der Waals surface area contributed by atoms with Crippen LogP contribution >= 0.6 is 0 Å². The largest absolute Gasteiger partial charge is 0.559 e. The van der Waals surface area contributed by atoms with Crippen molar-refractivity contribution in [1.82, 2.24) is 0 Å². The topological polar surface area (TPSA) is 3.24 Å². The second kappa shape index (κ2) is 8.23. The van der Waals surface area contributed by atoms with Gasteiger partial charge in [-0.2, -0.15) is 0 Å². The molecule has 0 spiro atoms. The zero-order valence-corrected chi connectivity index (χ0v) is 14.1. The molecule has 17 heavy (non-hydrogen) atoms. The molecule has 0 fully saturated rings. The minimum atomic E-state index is -0.732. The van der Waals surface area contributed by atoms with Crippen LogP contribution < -0.4 is 2.87 Å². The van der Waals surface area contributed by atoms with Crippen molar-refractivity contribution in [3.8, 4) is 0 Å². The summed E-state index contributed by atoms with van der Waals surface area (Å²) in [5.41, 5.74) is 1.51. The lowest BCUT2D eigenvalue weighted by molar-refractivity contribution is 1.21. The van der Waals surface area contributed by atoms with Gasteiger partial charge >= 0.3 is 28.7 Å². The Kier molecular flexibility index (Phi) is 7.33. The Morgan fingerprint density at radius 3 is 1.53 bits per heavy atom. The number of rotatable bonds is 7. The van der Waals surface area contributed by atoms with Gasteiger partial charge in [-0.25, -0.2) is 0 Å². The third kappa shape index (κ3) is 4.05. The van der Waals surface area contributed by atoms with Gasteiger partial charge in [0.05, 0.1) is 0 Å². The lowest BCUT2D eigenvalue weighted by Crippen LogP contribution is -2.48. The molecule has 1 aromatic rings. The first-order valence-electron chi connectivity index (χ1n) is 7.11. The molecule has 0 radical (unpaired) electrons. The highest BCUT2D eigenvalue weighted by Gasteiger charge is 2.31. The van der Waals surface area contributed by atoms with Crippen molar-refractivity contribution in [1.29, 1.82) is 0 Å². The number of benzene rings is 1. The van der Waals surface area contributed by atoms with Gasteiger partial charge in [0, 0.05) is 0 Å². The minimum Gasteiger partial charge on any atom is -0.559 e. The van der Waals surface area contributed by atoms with Crippen molar-refractivity contribution in [3.63, 3.8) is 0 Å². The Balaban J connectivity index is 3.01. The van der Waals surface area contributed by atoms with E-state index < -0.39 is 28.7 Å². The van der Waals surface area contributed by atoms with Crippen LogP contribution in [0.3, 0.4) is 0 Å². The van der Waals surface area contributed by atoms with Crippen LogP contribution in [0.4, 0.5) is 5.69 Å². The van der Waals surface area contributed by atoms with Crippen molar-refractivity contribution in [2.45, 2.75) is 48.8 Å². The van der Waals surface area contributed by atoms with Gasteiger partial charge in [-0.05, 0) is 17.8 Å². The van der Waals surface area contributed by atoms with E-state index in [1.54, 1.807) is 0 Å². The normalized spacial score (nSPS) is 10.1. The van der Waals surface area contributed by atoms with E-state index in [9.17, 15) is 0 Å². The summed E-state index contributed by atoms with van der Waals surface area (Å²) >= 11 is -1.46. The van der Waals surface area contributed by atoms with E-state index in [0.29, 0.717) is 0 Å². The van der Waals surface area contributed by atoms with Crippen LogP contribution in [0.1, 0.15) is 27.7 Å². The lowest BCUT2D eigenvalue weighted by atomic mass is 10.3. The number of anilines is 1. The second-order valence-electron chi connectivity index (χ2n) is 4.68. The summed E-state index contributed by atoms with van der Waals surface area (Å²) in [4.78, 5) is 0. The lowest BCUT2D eigenvalue weighted by Gasteiger charge is -2.36. The molecule has 0 aliphatic rings. The van der Waals surface area contributed by atoms with Crippen molar-refractivity contribution >= 4 is 34.4 Å². The van der Waals surface area contributed by atoms with Crippen LogP contribution in [0.15, 0.2) is 30.3 Å². The summed E-state index contributed by atoms with van der Waals surface area (Å²) in [6.07, 6.45) is 0. The molecule has 3 heteroatoms. The molecule has 0 N–H and O–H groups in total. The minimum absolute atomic E-state index is 0.732. The van der Waals surface area contributed by atoms with Crippen LogP contribution in [0.25, 0.3) is 0 Å². The number of hydrogen-bond donors (Lipinski definition) is 0. The molecule has 1 aromatic carbocycles. The molecule has 0 amide bonds. The van der Waals surface area contributed by atoms with Crippen molar-refractivity contribution in [2.24, 2.45) is 0 Å². The maximum Gasteiger partial charge on any atom is 0.387 e. The summed E-state index contributed by atoms with van der Waals surface area (Å²) < 4.78 is 2.92. The van der Waals surface area contributed by atoms with E-state index in [2.05, 4.69) is 60.9 Å². The second-order valence-corrected chi connectivity index (χ2v) is 12.3. The molecule has 0 saturated heterocycles. The Morgan fingerprint density at radius 2 is 1.18 bits per heavy atom. The van der Waals surface area contributed by atoms with Crippen LogP contribution in [-0.2, 0) is 0 Å². The summed E-state index contributed by atoms with van der Waals surface area (Å²) in [7, 11) is 0. The van der Waals surface area contributed by atoms with Crippen molar-refractivity contribution in [2.75, 3.05) is 2.87 Å². The highest BCUT2D eigenvalue weighted by molar-refractivity contribution is 6.83. The fraction of sp³-hybridized carbons (Fsp3) is 0.571. The molecule has 0 heterocycles. The first-order chi connectivity index (χ1) is 8.28. The van der Waals surface area contributed by atoms with E-state index in [4.69, 9.17) is 0 Å². The number of nitrogens with zero attached hydrogens (tertiary/aromatic N) is 1.